The van der Waals surface area contributed by atoms with E-state index in [0.717, 1.165) is 18.6 Å². The third-order valence-corrected chi connectivity index (χ3v) is 7.28. The number of rotatable bonds is 3. The number of aromatic nitrogens is 3. The quantitative estimate of drug-likeness (QED) is 0.449. The molecular weight excluding hydrogens is 506 g/mol. The van der Waals surface area contributed by atoms with Crippen LogP contribution in [0, 0.1) is 5.82 Å². The van der Waals surface area contributed by atoms with Gasteiger partial charge in [0.05, 0.1) is 16.3 Å². The summed E-state index contributed by atoms with van der Waals surface area (Å²) in [5.74, 6) is -1.81. The van der Waals surface area contributed by atoms with Gasteiger partial charge in [0, 0.05) is 11.6 Å². The fourth-order valence-corrected chi connectivity index (χ4v) is 5.24. The van der Waals surface area contributed by atoms with Gasteiger partial charge < -0.3 is 9.88 Å². The van der Waals surface area contributed by atoms with E-state index >= 15 is 0 Å². The largest absolute Gasteiger partial charge is 0.437 e. The molecule has 5 rings (SSSR count). The van der Waals surface area contributed by atoms with E-state index < -0.39 is 44.1 Å². The molecule has 0 bridgehead atoms. The number of nitrogens with two attached hydrogens (primary N) is 1. The molecule has 1 aliphatic carbocycles. The molecule has 1 saturated carbocycles. The number of primary sulfonamides is 1. The summed E-state index contributed by atoms with van der Waals surface area (Å²) in [6.45, 7) is 0. The van der Waals surface area contributed by atoms with E-state index in [0.29, 0.717) is 18.9 Å². The smallest absolute Gasteiger partial charge is 0.322 e. The van der Waals surface area contributed by atoms with Crippen LogP contribution in [0.15, 0.2) is 40.5 Å². The van der Waals surface area contributed by atoms with E-state index in [1.165, 1.54) is 16.8 Å². The van der Waals surface area contributed by atoms with Crippen LogP contribution in [0.1, 0.15) is 37.8 Å². The molecule has 190 valence electrons. The highest BCUT2D eigenvalue weighted by Crippen LogP contribution is 2.42. The first-order chi connectivity index (χ1) is 16.9. The molecule has 15 heteroatoms. The highest BCUT2D eigenvalue weighted by molar-refractivity contribution is 7.89. The molecule has 0 unspecified atom stereocenters. The van der Waals surface area contributed by atoms with Crippen LogP contribution >= 0.6 is 0 Å². The Hall–Kier alpha value is -3.59. The topological polar surface area (TPSA) is 144 Å². The molecule has 1 spiro atoms. The molecule has 36 heavy (non-hydrogen) atoms. The number of hydrazone groups is 1. The van der Waals surface area contributed by atoms with Crippen molar-refractivity contribution in [2.24, 2.45) is 10.2 Å². The normalized spacial score (nSPS) is 17.9. The number of benzene rings is 1. The van der Waals surface area contributed by atoms with Gasteiger partial charge in [-0.3, -0.25) is 4.79 Å². The van der Waals surface area contributed by atoms with Gasteiger partial charge >= 0.3 is 6.18 Å². The van der Waals surface area contributed by atoms with Crippen LogP contribution in [0.3, 0.4) is 0 Å². The van der Waals surface area contributed by atoms with Crippen LogP contribution in [-0.2, 0) is 20.4 Å². The highest BCUT2D eigenvalue weighted by atomic mass is 32.2. The maximum absolute atomic E-state index is 14.5. The number of hydrogen-bond acceptors (Lipinski definition) is 7. The predicted molar refractivity (Wildman–Crippen MR) is 120 cm³/mol. The second-order valence-electron chi connectivity index (χ2n) is 8.64. The van der Waals surface area contributed by atoms with Crippen molar-refractivity contribution in [3.05, 3.63) is 42.0 Å². The second-order valence-corrected chi connectivity index (χ2v) is 10.2. The van der Waals surface area contributed by atoms with Crippen molar-refractivity contribution < 1.29 is 30.8 Å². The lowest BCUT2D eigenvalue weighted by molar-refractivity contribution is -0.131. The predicted octanol–water partition coefficient (Wildman–Crippen LogP) is 3.02. The molecule has 2 aliphatic rings. The van der Waals surface area contributed by atoms with Gasteiger partial charge in [0.1, 0.15) is 17.0 Å². The summed E-state index contributed by atoms with van der Waals surface area (Å²) < 4.78 is 80.4. The van der Waals surface area contributed by atoms with E-state index in [1.54, 1.807) is 0 Å². The number of alkyl halides is 3. The van der Waals surface area contributed by atoms with Crippen LogP contribution in [0.5, 0.6) is 0 Å². The zero-order chi connectivity index (χ0) is 25.9. The van der Waals surface area contributed by atoms with Gasteiger partial charge in [-0.25, -0.2) is 28.4 Å². The first kappa shape index (κ1) is 24.1. The maximum Gasteiger partial charge on any atom is 0.437 e. The summed E-state index contributed by atoms with van der Waals surface area (Å²) in [5, 5.41) is 11.2. The molecular formula is C21H19F4N7O3S. The minimum atomic E-state index is -4.86. The lowest BCUT2D eigenvalue weighted by Gasteiger charge is -2.37. The molecule has 1 aliphatic heterocycles. The van der Waals surface area contributed by atoms with E-state index in [4.69, 9.17) is 5.14 Å². The van der Waals surface area contributed by atoms with Crippen LogP contribution in [-0.4, -0.2) is 40.7 Å². The fraction of sp³-hybridized carbons (Fsp3) is 0.333. The van der Waals surface area contributed by atoms with Gasteiger partial charge in [-0.05, 0) is 37.1 Å². The summed E-state index contributed by atoms with van der Waals surface area (Å²) >= 11 is 0. The number of nitrogens with zero attached hydrogens (tertiary/aromatic N) is 4. The number of carbonyl (C=O) groups excluding carboxylic acids is 1. The minimum absolute atomic E-state index is 0.0416. The number of carbonyl (C=O) groups is 1. The summed E-state index contributed by atoms with van der Waals surface area (Å²) in [4.78, 5) is 21.1. The molecule has 1 amide bonds. The number of amides is 1. The van der Waals surface area contributed by atoms with Crippen LogP contribution in [0.2, 0.25) is 0 Å². The van der Waals surface area contributed by atoms with E-state index in [1.807, 2.05) is 0 Å². The van der Waals surface area contributed by atoms with Crippen molar-refractivity contribution in [1.82, 2.24) is 20.0 Å². The average Bonchev–Trinajstić information content (AvgIpc) is 3.12. The number of hydrogen-bond donors (Lipinski definition) is 3. The Morgan fingerprint density at radius 1 is 1.14 bits per heavy atom. The number of sulfonamides is 1. The zero-order valence-corrected chi connectivity index (χ0v) is 19.2. The molecule has 0 atom stereocenters. The first-order valence-corrected chi connectivity index (χ1v) is 12.4. The highest BCUT2D eigenvalue weighted by Gasteiger charge is 2.49. The maximum atomic E-state index is 14.5. The average molecular weight is 525 g/mol. The Labute approximate surface area is 201 Å². The molecule has 4 N–H and O–H groups in total. The van der Waals surface area contributed by atoms with Crippen LogP contribution < -0.4 is 15.9 Å². The molecule has 0 saturated heterocycles. The third kappa shape index (κ3) is 3.97. The summed E-state index contributed by atoms with van der Waals surface area (Å²) in [5.41, 5.74) is -1.01. The van der Waals surface area contributed by atoms with Gasteiger partial charge in [-0.1, -0.05) is 19.3 Å². The Morgan fingerprint density at radius 2 is 1.86 bits per heavy atom. The van der Waals surface area contributed by atoms with Gasteiger partial charge in [0.2, 0.25) is 16.0 Å². The molecule has 10 nitrogen and oxygen atoms in total. The van der Waals surface area contributed by atoms with Crippen molar-refractivity contribution in [1.29, 1.82) is 0 Å². The van der Waals surface area contributed by atoms with Crippen molar-refractivity contribution in [3.63, 3.8) is 0 Å². The molecule has 2 aromatic heterocycles. The lowest BCUT2D eigenvalue weighted by Crippen LogP contribution is -2.48. The van der Waals surface area contributed by atoms with Crippen molar-refractivity contribution in [2.75, 3.05) is 5.32 Å². The van der Waals surface area contributed by atoms with Gasteiger partial charge in [0.15, 0.2) is 5.71 Å². The summed E-state index contributed by atoms with van der Waals surface area (Å²) in [6, 6.07) is 4.14. The van der Waals surface area contributed by atoms with Crippen molar-refractivity contribution >= 4 is 44.3 Å². The lowest BCUT2D eigenvalue weighted by atomic mass is 9.80. The Balaban J connectivity index is 1.66. The zero-order valence-electron chi connectivity index (χ0n) is 18.4. The summed E-state index contributed by atoms with van der Waals surface area (Å²) in [6.07, 6.45) is -0.976. The van der Waals surface area contributed by atoms with E-state index in [-0.39, 0.29) is 41.2 Å². The number of nitrogens with one attached hydrogen (secondary N) is 2. The van der Waals surface area contributed by atoms with Gasteiger partial charge in [-0.15, -0.1) is 0 Å². The molecule has 3 aromatic rings. The molecule has 0 radical (unpaired) electrons. The SMILES string of the molecule is NS(=O)(=O)c1ccc(Nc2ncc3cc4n(c3n2)C2(CCCCC2)C(=O)NN=C4C(F)(F)F)c(F)c1. The van der Waals surface area contributed by atoms with Crippen molar-refractivity contribution in [3.8, 4) is 0 Å². The fourth-order valence-electron chi connectivity index (χ4n) is 4.72. The van der Waals surface area contributed by atoms with Gasteiger partial charge in [0.25, 0.3) is 5.91 Å². The Bertz CT molecular complexity index is 1530. The standard InChI is InChI=1S/C21H19F4N7O3S/c22-13-9-12(36(26,34)35)4-5-14(13)28-19-27-10-11-8-15-16(21(23,24)25)30-31-18(33)20(6-2-1-3-7-20)32(15)17(11)29-19/h4-5,8-10H,1-3,6-7H2,(H,31,33)(H2,26,34,35)(H,27,28,29). The molecule has 1 aromatic carbocycles. The van der Waals surface area contributed by atoms with E-state index in [9.17, 15) is 30.8 Å². The number of halogens is 4. The Morgan fingerprint density at radius 3 is 2.50 bits per heavy atom. The van der Waals surface area contributed by atoms with Crippen LogP contribution in [0.25, 0.3) is 11.0 Å². The van der Waals surface area contributed by atoms with E-state index in [2.05, 4.69) is 25.8 Å². The third-order valence-electron chi connectivity index (χ3n) is 6.37. The molecule has 3 heterocycles. The van der Waals surface area contributed by atoms with Crippen LogP contribution in [0.4, 0.5) is 29.2 Å². The first-order valence-electron chi connectivity index (χ1n) is 10.8. The Kier molecular flexibility index (Phi) is 5.51. The molecule has 1 fully saturated rings. The monoisotopic (exact) mass is 525 g/mol. The minimum Gasteiger partial charge on any atom is -0.322 e. The van der Waals surface area contributed by atoms with Gasteiger partial charge in [-0.2, -0.15) is 23.3 Å². The number of fused-ring (bicyclic) bond motifs is 4. The second kappa shape index (κ2) is 8.23. The summed E-state index contributed by atoms with van der Waals surface area (Å²) in [7, 11) is -4.13. The van der Waals surface area contributed by atoms with Crippen molar-refractivity contribution in [2.45, 2.75) is 48.7 Å². The number of anilines is 2.